The number of hydrogen-bond acceptors (Lipinski definition) is 10. The first-order valence-electron chi connectivity index (χ1n) is 35.8. The molecule has 10 nitrogen and oxygen atoms in total. The van der Waals surface area contributed by atoms with E-state index in [2.05, 4.69) is 95.7 Å². The van der Waals surface area contributed by atoms with Gasteiger partial charge in [0, 0.05) is 70.9 Å². The highest BCUT2D eigenvalue weighted by atomic mass is 16.5. The number of rotatable bonds is 4. The Kier molecular flexibility index (Phi) is 12.3. The van der Waals surface area contributed by atoms with Crippen LogP contribution in [0.15, 0.2) is 96.6 Å². The van der Waals surface area contributed by atoms with Crippen molar-refractivity contribution in [2.75, 3.05) is 7.05 Å². The van der Waals surface area contributed by atoms with Gasteiger partial charge in [0.05, 0.1) is 35.9 Å². The van der Waals surface area contributed by atoms with Crippen molar-refractivity contribution in [1.29, 1.82) is 0 Å². The topological polar surface area (TPSA) is 166 Å². The molecule has 3 heterocycles. The Balaban J connectivity index is 0.877. The summed E-state index contributed by atoms with van der Waals surface area (Å²) in [7, 11) is 1.95. The molecule has 20 rings (SSSR count). The van der Waals surface area contributed by atoms with Crippen LogP contribution in [-0.2, 0) is 44.9 Å². The Labute approximate surface area is 531 Å². The van der Waals surface area contributed by atoms with Gasteiger partial charge in [0.1, 0.15) is 23.6 Å². The first-order valence-corrected chi connectivity index (χ1v) is 35.8. The first-order chi connectivity index (χ1) is 43.8. The molecule has 90 heavy (non-hydrogen) atoms. The van der Waals surface area contributed by atoms with Crippen LogP contribution in [0.2, 0.25) is 0 Å². The molecule has 1 saturated heterocycles. The summed E-state index contributed by atoms with van der Waals surface area (Å²) in [4.78, 5) is 30.8. The molecule has 10 heteroatoms. The molecule has 0 amide bonds. The standard InChI is InChI=1S/C80H91NO9/c1-81-66-36-58-48(16-8-19-52(58)41-82)15-5-6-26-75-39-51-18-10-21-56-55(47-13-3-2-4-14-47)24-27-74-28-25-57-63(38-62(56)74)77(74)42-76(43-83)71(51)80(88,78(75,86)40-53-33-60(66)70-61(69(53)75)37-68(84)90-70)72(85)64-35-59-49-17-9-20-54(59)50-23-22-46(31-50)30-44-11-7-12-45(29-44)32-67(57)89-73(77)65(34-49)79(64,76)87/h2-4,7-9,11-14,16-17,19,29,37,43,46,49-51,53-57,59-60,62-67,69-73,81-82,85-88H,6,20-28,30-36,38-42H2,1H3. The smallest absolute Gasteiger partial charge is 0.331 e. The number of fused-ring (bicyclic) bond motifs is 11. The second-order valence-electron chi connectivity index (χ2n) is 33.3. The van der Waals surface area contributed by atoms with Crippen LogP contribution < -0.4 is 5.32 Å². The number of carbonyl (C=O) groups is 2. The number of esters is 1. The van der Waals surface area contributed by atoms with E-state index in [1.807, 2.05) is 25.2 Å². The Hall–Kier alpha value is -4.88. The molecule has 29 unspecified atom stereocenters. The minimum absolute atomic E-state index is 0.0571. The molecule has 29 atom stereocenters. The normalized spacial score (nSPS) is 51.9. The van der Waals surface area contributed by atoms with Crippen molar-refractivity contribution in [1.82, 2.24) is 5.32 Å². The molecule has 21 bridgehead atoms. The Morgan fingerprint density at radius 2 is 1.60 bits per heavy atom. The number of aliphatic hydroxyl groups excluding tert-OH is 2. The van der Waals surface area contributed by atoms with Gasteiger partial charge in [-0.3, -0.25) is 0 Å². The SMILES string of the molecule is CNC1Cc2c(cccc2CO)C#CCCC23CC4C#CCC5C(c6ccccc6)CCC67CCC8C9Cc%10cccc(c%10)CC%10CCC(C%10)C%10CC=CC%11CC%12C(O9)C6(CC6(C=O)C4C(O)(C(O)C(CC%11%10)C%126O)C2(O)CC2CC1C1OC(=O)C=C1C23)C8CC57. The quantitative estimate of drug-likeness (QED) is 0.0641. The fourth-order valence-electron chi connectivity index (χ4n) is 28.7. The average Bonchev–Trinajstić information content (AvgIpc) is 1.24. The minimum Gasteiger partial charge on any atom is -0.454 e. The fourth-order valence-corrected chi connectivity index (χ4v) is 28.7. The van der Waals surface area contributed by atoms with Crippen LogP contribution in [0.3, 0.4) is 0 Å². The highest BCUT2D eigenvalue weighted by Gasteiger charge is 2.91. The van der Waals surface area contributed by atoms with Gasteiger partial charge in [-0.05, 0) is 245 Å². The summed E-state index contributed by atoms with van der Waals surface area (Å²) >= 11 is 0. The molecule has 14 aliphatic carbocycles. The molecule has 11 fully saturated rings. The minimum atomic E-state index is -2.35. The molecule has 6 N–H and O–H groups in total. The highest BCUT2D eigenvalue weighted by Crippen LogP contribution is 2.87. The number of nitrogens with one attached hydrogen (secondary N) is 1. The van der Waals surface area contributed by atoms with Crippen molar-refractivity contribution >= 4 is 12.3 Å². The monoisotopic (exact) mass is 1210 g/mol. The van der Waals surface area contributed by atoms with Crippen molar-refractivity contribution in [3.8, 4) is 23.7 Å². The second-order valence-corrected chi connectivity index (χ2v) is 33.3. The maximum atomic E-state index is 16.5. The molecular weight excluding hydrogens is 1120 g/mol. The maximum Gasteiger partial charge on any atom is 0.331 e. The number of likely N-dealkylation sites (N-methyl/N-ethyl adjacent to an activating group) is 1. The van der Waals surface area contributed by atoms with E-state index >= 15 is 20.1 Å². The third-order valence-corrected chi connectivity index (χ3v) is 31.3. The summed E-state index contributed by atoms with van der Waals surface area (Å²) in [6, 6.07) is 26.4. The zero-order valence-corrected chi connectivity index (χ0v) is 52.4. The maximum absolute atomic E-state index is 16.5. The molecule has 0 aromatic heterocycles. The van der Waals surface area contributed by atoms with Crippen molar-refractivity contribution in [2.45, 2.75) is 195 Å². The Morgan fingerprint density at radius 3 is 2.44 bits per heavy atom. The van der Waals surface area contributed by atoms with Crippen LogP contribution in [0.1, 0.15) is 155 Å². The number of ether oxygens (including phenoxy) is 2. The Bertz CT molecular complexity index is 3710. The molecule has 0 radical (unpaired) electrons. The fraction of sp³-hybridized carbons (Fsp3) is 0.650. The molecule has 3 aromatic rings. The van der Waals surface area contributed by atoms with Crippen LogP contribution in [0, 0.1) is 140 Å². The van der Waals surface area contributed by atoms with Gasteiger partial charge in [-0.25, -0.2) is 4.79 Å². The van der Waals surface area contributed by atoms with Gasteiger partial charge in [0.25, 0.3) is 0 Å². The summed E-state index contributed by atoms with van der Waals surface area (Å²) in [6.45, 7) is -0.138. The summed E-state index contributed by atoms with van der Waals surface area (Å²) in [5.41, 5.74) is -2.31. The average molecular weight is 1210 g/mol. The molecule has 3 spiro atoms. The zero-order chi connectivity index (χ0) is 60.6. The second kappa shape index (κ2) is 19.6. The van der Waals surface area contributed by atoms with Crippen LogP contribution in [0.4, 0.5) is 0 Å². The largest absolute Gasteiger partial charge is 0.454 e. The molecule has 3 aromatic carbocycles. The van der Waals surface area contributed by atoms with E-state index in [1.165, 1.54) is 29.4 Å². The highest BCUT2D eigenvalue weighted by molar-refractivity contribution is 5.86. The number of aliphatic hydroxyl groups is 5. The number of benzene rings is 3. The lowest BCUT2D eigenvalue weighted by Crippen LogP contribution is -2.89. The number of allylic oxidation sites excluding steroid dienone is 2. The summed E-state index contributed by atoms with van der Waals surface area (Å²) < 4.78 is 14.9. The molecule has 3 aliphatic heterocycles. The van der Waals surface area contributed by atoms with E-state index < -0.39 is 86.9 Å². The van der Waals surface area contributed by atoms with Crippen molar-refractivity contribution in [3.63, 3.8) is 0 Å². The van der Waals surface area contributed by atoms with Crippen molar-refractivity contribution in [2.24, 2.45) is 116 Å². The zero-order valence-electron chi connectivity index (χ0n) is 52.4. The summed E-state index contributed by atoms with van der Waals surface area (Å²) in [5, 5.41) is 76.6. The van der Waals surface area contributed by atoms with E-state index in [0.29, 0.717) is 69.6 Å². The third kappa shape index (κ3) is 6.90. The predicted octanol–water partition coefficient (Wildman–Crippen LogP) is 10.2. The number of hydrogen-bond donors (Lipinski definition) is 6. The molecule has 10 saturated carbocycles. The predicted molar refractivity (Wildman–Crippen MR) is 338 cm³/mol. The lowest BCUT2D eigenvalue weighted by atomic mass is 9.28. The molecule has 470 valence electrons. The Morgan fingerprint density at radius 1 is 0.756 bits per heavy atom. The third-order valence-electron chi connectivity index (χ3n) is 31.3. The van der Waals surface area contributed by atoms with E-state index in [4.69, 9.17) is 9.47 Å². The summed E-state index contributed by atoms with van der Waals surface area (Å²) in [6.07, 6.45) is 20.6. The molecule has 17 aliphatic rings. The van der Waals surface area contributed by atoms with Crippen LogP contribution >= 0.6 is 0 Å². The lowest BCUT2D eigenvalue weighted by molar-refractivity contribution is -0.410. The number of aldehydes is 1. The van der Waals surface area contributed by atoms with E-state index in [-0.39, 0.29) is 89.8 Å². The van der Waals surface area contributed by atoms with Gasteiger partial charge in [0.15, 0.2) is 0 Å². The van der Waals surface area contributed by atoms with E-state index in [1.54, 1.807) is 6.08 Å². The van der Waals surface area contributed by atoms with Crippen LogP contribution in [-0.4, -0.2) is 92.1 Å². The van der Waals surface area contributed by atoms with E-state index in [9.17, 15) is 15.0 Å². The van der Waals surface area contributed by atoms with Crippen LogP contribution in [0.25, 0.3) is 0 Å². The van der Waals surface area contributed by atoms with Crippen molar-refractivity contribution in [3.05, 3.63) is 130 Å². The van der Waals surface area contributed by atoms with Crippen LogP contribution in [0.5, 0.6) is 0 Å². The number of carbonyl (C=O) groups excluding carboxylic acids is 2. The van der Waals surface area contributed by atoms with Gasteiger partial charge in [0.2, 0.25) is 0 Å². The first kappa shape index (κ1) is 56.6. The lowest BCUT2D eigenvalue weighted by Gasteiger charge is -2.79. The van der Waals surface area contributed by atoms with Gasteiger partial charge in [-0.2, -0.15) is 0 Å². The van der Waals surface area contributed by atoms with Crippen molar-refractivity contribution < 1.29 is 44.6 Å². The molecular formula is C80H91NO9. The van der Waals surface area contributed by atoms with E-state index in [0.717, 1.165) is 86.5 Å². The van der Waals surface area contributed by atoms with Gasteiger partial charge in [-0.1, -0.05) is 96.6 Å². The summed E-state index contributed by atoms with van der Waals surface area (Å²) in [5.74, 6) is 13.0. The van der Waals surface area contributed by atoms with Gasteiger partial charge < -0.3 is 45.1 Å². The van der Waals surface area contributed by atoms with Gasteiger partial charge >= 0.3 is 5.97 Å². The van der Waals surface area contributed by atoms with Gasteiger partial charge in [-0.15, -0.1) is 5.92 Å².